The third-order valence-corrected chi connectivity index (χ3v) is 4.62. The average molecular weight is 310 g/mol. The van der Waals surface area contributed by atoms with Crippen molar-refractivity contribution < 1.29 is 4.39 Å². The van der Waals surface area contributed by atoms with Crippen LogP contribution in [0.15, 0.2) is 18.2 Å². The average Bonchev–Trinajstić information content (AvgIpc) is 2.77. The van der Waals surface area contributed by atoms with Crippen LogP contribution in [-0.4, -0.2) is 34.6 Å². The number of alkyl halides is 1. The molecule has 3 rings (SSSR count). The van der Waals surface area contributed by atoms with Gasteiger partial charge >= 0.3 is 0 Å². The number of likely N-dealkylation sites (tertiary alicyclic amines) is 1. The van der Waals surface area contributed by atoms with Crippen molar-refractivity contribution >= 4 is 22.6 Å². The summed E-state index contributed by atoms with van der Waals surface area (Å²) < 4.78 is 15.7. The lowest BCUT2D eigenvalue weighted by Gasteiger charge is -2.36. The zero-order valence-electron chi connectivity index (χ0n) is 12.7. The minimum absolute atomic E-state index is 0.188. The molecule has 0 N–H and O–H groups in total. The van der Waals surface area contributed by atoms with E-state index in [0.29, 0.717) is 17.5 Å². The lowest BCUT2D eigenvalue weighted by molar-refractivity contribution is 0.159. The van der Waals surface area contributed by atoms with Gasteiger partial charge in [-0.25, -0.2) is 9.37 Å². The van der Waals surface area contributed by atoms with Crippen molar-refractivity contribution in [2.24, 2.45) is 5.92 Å². The van der Waals surface area contributed by atoms with Crippen LogP contribution >= 0.6 is 11.6 Å². The molecule has 2 heterocycles. The molecule has 1 fully saturated rings. The molecule has 2 aromatic rings. The van der Waals surface area contributed by atoms with E-state index in [1.165, 1.54) is 12.1 Å². The molecule has 21 heavy (non-hydrogen) atoms. The highest BCUT2D eigenvalue weighted by molar-refractivity contribution is 6.20. The van der Waals surface area contributed by atoms with Crippen LogP contribution in [0.25, 0.3) is 11.0 Å². The van der Waals surface area contributed by atoms with Crippen molar-refractivity contribution in [2.45, 2.75) is 31.7 Å². The van der Waals surface area contributed by atoms with E-state index in [9.17, 15) is 4.39 Å². The normalized spacial score (nSPS) is 25.4. The lowest BCUT2D eigenvalue weighted by Crippen LogP contribution is -2.38. The predicted molar refractivity (Wildman–Crippen MR) is 84.3 cm³/mol. The number of imidazole rings is 1. The highest BCUT2D eigenvalue weighted by atomic mass is 35.5. The Hall–Kier alpha value is -1.13. The van der Waals surface area contributed by atoms with Gasteiger partial charge in [-0.15, -0.1) is 11.6 Å². The molecule has 1 aliphatic heterocycles. The van der Waals surface area contributed by atoms with Gasteiger partial charge in [0.05, 0.1) is 16.4 Å². The second kappa shape index (κ2) is 5.58. The number of halogens is 2. The summed E-state index contributed by atoms with van der Waals surface area (Å²) in [5.41, 5.74) is 1.68. The van der Waals surface area contributed by atoms with Crippen molar-refractivity contribution in [3.05, 3.63) is 29.8 Å². The van der Waals surface area contributed by atoms with Crippen molar-refractivity contribution in [1.82, 2.24) is 14.5 Å². The molecule has 3 nitrogen and oxygen atoms in total. The van der Waals surface area contributed by atoms with E-state index >= 15 is 0 Å². The third kappa shape index (κ3) is 2.67. The zero-order chi connectivity index (χ0) is 15.1. The molecule has 114 valence electrons. The Morgan fingerprint density at radius 3 is 2.86 bits per heavy atom. The molecule has 1 aliphatic rings. The smallest absolute Gasteiger partial charge is 0.127 e. The van der Waals surface area contributed by atoms with E-state index in [0.717, 1.165) is 30.9 Å². The van der Waals surface area contributed by atoms with Gasteiger partial charge in [-0.1, -0.05) is 6.92 Å². The van der Waals surface area contributed by atoms with Crippen LogP contribution in [0.3, 0.4) is 0 Å². The summed E-state index contributed by atoms with van der Waals surface area (Å²) in [6.45, 7) is 6.31. The van der Waals surface area contributed by atoms with Gasteiger partial charge in [-0.2, -0.15) is 0 Å². The Morgan fingerprint density at radius 2 is 2.19 bits per heavy atom. The van der Waals surface area contributed by atoms with Crippen LogP contribution < -0.4 is 0 Å². The molecule has 1 saturated heterocycles. The molecule has 0 radical (unpaired) electrons. The Kier molecular flexibility index (Phi) is 3.93. The molecule has 0 saturated carbocycles. The highest BCUT2D eigenvalue weighted by Crippen LogP contribution is 2.35. The van der Waals surface area contributed by atoms with Gasteiger partial charge in [0.25, 0.3) is 0 Å². The second-order valence-electron chi connectivity index (χ2n) is 6.18. The monoisotopic (exact) mass is 309 g/mol. The Labute approximate surface area is 129 Å². The predicted octanol–water partition coefficient (Wildman–Crippen LogP) is 3.99. The SMILES string of the molecule is CC(Cl)c1nc2cc(F)ccc2n1C1CCN(C)CC1C. The van der Waals surface area contributed by atoms with Gasteiger partial charge < -0.3 is 9.47 Å². The summed E-state index contributed by atoms with van der Waals surface area (Å²) in [6, 6.07) is 5.19. The van der Waals surface area contributed by atoms with Crippen molar-refractivity contribution in [1.29, 1.82) is 0 Å². The molecule has 5 heteroatoms. The fraction of sp³-hybridized carbons (Fsp3) is 0.562. The minimum Gasteiger partial charge on any atom is -0.323 e. The van der Waals surface area contributed by atoms with Gasteiger partial charge in [0.2, 0.25) is 0 Å². The fourth-order valence-electron chi connectivity index (χ4n) is 3.45. The number of fused-ring (bicyclic) bond motifs is 1. The van der Waals surface area contributed by atoms with Crippen molar-refractivity contribution in [2.75, 3.05) is 20.1 Å². The summed E-state index contributed by atoms with van der Waals surface area (Å²) >= 11 is 6.33. The first-order valence-electron chi connectivity index (χ1n) is 7.47. The molecule has 0 amide bonds. The maximum absolute atomic E-state index is 13.5. The molecule has 0 bridgehead atoms. The van der Waals surface area contributed by atoms with Gasteiger partial charge in [0.15, 0.2) is 0 Å². The van der Waals surface area contributed by atoms with Gasteiger partial charge in [-0.05, 0) is 45.0 Å². The second-order valence-corrected chi connectivity index (χ2v) is 6.84. The standard InChI is InChI=1S/C16H21ClFN3/c1-10-9-20(3)7-6-14(10)21-15-5-4-12(18)8-13(15)19-16(21)11(2)17/h4-5,8,10-11,14H,6-7,9H2,1-3H3. The molecule has 1 aromatic heterocycles. The van der Waals surface area contributed by atoms with E-state index in [4.69, 9.17) is 11.6 Å². The molecule has 0 aliphatic carbocycles. The number of hydrogen-bond acceptors (Lipinski definition) is 2. The maximum Gasteiger partial charge on any atom is 0.127 e. The van der Waals surface area contributed by atoms with Crippen LogP contribution in [0.1, 0.15) is 37.5 Å². The summed E-state index contributed by atoms with van der Waals surface area (Å²) in [7, 11) is 2.15. The van der Waals surface area contributed by atoms with E-state index in [2.05, 4.69) is 28.4 Å². The topological polar surface area (TPSA) is 21.1 Å². The number of piperidine rings is 1. The van der Waals surface area contributed by atoms with E-state index in [1.54, 1.807) is 0 Å². The maximum atomic E-state index is 13.5. The summed E-state index contributed by atoms with van der Waals surface area (Å²) in [5.74, 6) is 1.11. The van der Waals surface area contributed by atoms with Gasteiger partial charge in [-0.3, -0.25) is 0 Å². The van der Waals surface area contributed by atoms with Gasteiger partial charge in [0.1, 0.15) is 11.6 Å². The van der Waals surface area contributed by atoms with E-state index < -0.39 is 0 Å². The molecule has 3 unspecified atom stereocenters. The van der Waals surface area contributed by atoms with Crippen LogP contribution in [0.2, 0.25) is 0 Å². The first-order chi connectivity index (χ1) is 9.97. The number of aromatic nitrogens is 2. The van der Waals surface area contributed by atoms with Crippen molar-refractivity contribution in [3.63, 3.8) is 0 Å². The lowest BCUT2D eigenvalue weighted by atomic mass is 9.93. The Balaban J connectivity index is 2.13. The molecule has 1 aromatic carbocycles. The molecule has 0 spiro atoms. The molecular formula is C16H21ClFN3. The Bertz CT molecular complexity index is 652. The van der Waals surface area contributed by atoms with Gasteiger partial charge in [0, 0.05) is 18.7 Å². The number of hydrogen-bond donors (Lipinski definition) is 0. The largest absolute Gasteiger partial charge is 0.323 e. The van der Waals surface area contributed by atoms with Crippen LogP contribution in [0.5, 0.6) is 0 Å². The third-order valence-electron chi connectivity index (χ3n) is 4.43. The van der Waals surface area contributed by atoms with Crippen LogP contribution in [0, 0.1) is 11.7 Å². The first-order valence-corrected chi connectivity index (χ1v) is 7.91. The molecule has 3 atom stereocenters. The quantitative estimate of drug-likeness (QED) is 0.782. The summed E-state index contributed by atoms with van der Waals surface area (Å²) in [5, 5.41) is -0.188. The summed E-state index contributed by atoms with van der Waals surface area (Å²) in [4.78, 5) is 6.93. The number of rotatable bonds is 2. The van der Waals surface area contributed by atoms with Crippen LogP contribution in [0.4, 0.5) is 4.39 Å². The zero-order valence-corrected chi connectivity index (χ0v) is 13.4. The van der Waals surface area contributed by atoms with E-state index in [1.807, 2.05) is 13.0 Å². The highest BCUT2D eigenvalue weighted by Gasteiger charge is 2.29. The number of nitrogens with zero attached hydrogens (tertiary/aromatic N) is 3. The van der Waals surface area contributed by atoms with Crippen molar-refractivity contribution in [3.8, 4) is 0 Å². The Morgan fingerprint density at radius 1 is 1.43 bits per heavy atom. The fourth-order valence-corrected chi connectivity index (χ4v) is 3.60. The number of benzene rings is 1. The molecular weight excluding hydrogens is 289 g/mol. The minimum atomic E-state index is -0.252. The summed E-state index contributed by atoms with van der Waals surface area (Å²) in [6.07, 6.45) is 1.07. The van der Waals surface area contributed by atoms with Crippen LogP contribution in [-0.2, 0) is 0 Å². The van der Waals surface area contributed by atoms with E-state index in [-0.39, 0.29) is 11.2 Å². The first kappa shape index (κ1) is 14.8.